The summed E-state index contributed by atoms with van der Waals surface area (Å²) < 4.78 is 10.9. The smallest absolute Gasteiger partial charge is 0.237 e. The summed E-state index contributed by atoms with van der Waals surface area (Å²) in [6.07, 6.45) is 3.18. The molecule has 1 aromatic carbocycles. The maximum atomic E-state index is 12.0. The van der Waals surface area contributed by atoms with Crippen LogP contribution in [0.2, 0.25) is 0 Å². The molecule has 0 bridgehead atoms. The first-order valence-electron chi connectivity index (χ1n) is 6.54. The highest BCUT2D eigenvalue weighted by Gasteiger charge is 2.23. The summed E-state index contributed by atoms with van der Waals surface area (Å²) >= 11 is 0. The van der Waals surface area contributed by atoms with Gasteiger partial charge in [-0.25, -0.2) is 0 Å². The molecule has 2 rings (SSSR count). The van der Waals surface area contributed by atoms with Crippen LogP contribution in [-0.2, 0) is 28.6 Å². The van der Waals surface area contributed by atoms with Crippen molar-refractivity contribution in [1.82, 2.24) is 10.6 Å². The lowest BCUT2D eigenvalue weighted by molar-refractivity contribution is -0.123. The van der Waals surface area contributed by atoms with Crippen LogP contribution in [0.5, 0.6) is 0 Å². The molecule has 1 aromatic rings. The first-order valence-corrected chi connectivity index (χ1v) is 8.27. The van der Waals surface area contributed by atoms with Gasteiger partial charge in [-0.3, -0.25) is 9.00 Å². The maximum absolute atomic E-state index is 12.0. The van der Waals surface area contributed by atoms with Crippen LogP contribution in [0.15, 0.2) is 24.3 Å². The molecule has 1 heterocycles. The van der Waals surface area contributed by atoms with Crippen LogP contribution in [0.25, 0.3) is 0 Å². The van der Waals surface area contributed by atoms with E-state index in [1.54, 1.807) is 6.26 Å². The van der Waals surface area contributed by atoms with Crippen molar-refractivity contribution in [2.45, 2.75) is 25.4 Å². The van der Waals surface area contributed by atoms with Crippen LogP contribution in [0, 0.1) is 0 Å². The van der Waals surface area contributed by atoms with E-state index in [9.17, 15) is 9.00 Å². The number of benzene rings is 1. The van der Waals surface area contributed by atoms with Gasteiger partial charge in [-0.15, -0.1) is 0 Å². The average Bonchev–Trinajstić information content (AvgIpc) is 2.42. The van der Waals surface area contributed by atoms with E-state index >= 15 is 0 Å². The molecule has 4 nitrogen and oxygen atoms in total. The predicted molar refractivity (Wildman–Crippen MR) is 77.3 cm³/mol. The lowest BCUT2D eigenvalue weighted by Crippen LogP contribution is -2.47. The minimum atomic E-state index is -0.782. The molecule has 1 aliphatic heterocycles. The highest BCUT2D eigenvalue weighted by molar-refractivity contribution is 7.84. The lowest BCUT2D eigenvalue weighted by Gasteiger charge is -2.25. The molecule has 0 aromatic heterocycles. The summed E-state index contributed by atoms with van der Waals surface area (Å²) in [6, 6.07) is 8.05. The quantitative estimate of drug-likeness (QED) is 0.776. The second kappa shape index (κ2) is 6.82. The number of rotatable bonds is 5. The topological polar surface area (TPSA) is 58.2 Å². The predicted octanol–water partition coefficient (Wildman–Crippen LogP) is 0.586. The van der Waals surface area contributed by atoms with E-state index in [4.69, 9.17) is 0 Å². The first-order chi connectivity index (χ1) is 9.16. The molecule has 0 spiro atoms. The fraction of sp³-hybridized carbons (Fsp3) is 0.500. The largest absolute Gasteiger partial charge is 0.355 e. The van der Waals surface area contributed by atoms with E-state index in [-0.39, 0.29) is 11.9 Å². The molecule has 104 valence electrons. The highest BCUT2D eigenvalue weighted by Crippen LogP contribution is 2.16. The minimum Gasteiger partial charge on any atom is -0.355 e. The number of nitrogens with one attached hydrogen (secondary N) is 2. The third kappa shape index (κ3) is 4.14. The van der Waals surface area contributed by atoms with Crippen molar-refractivity contribution in [2.75, 3.05) is 18.6 Å². The van der Waals surface area contributed by atoms with Crippen LogP contribution < -0.4 is 10.6 Å². The van der Waals surface area contributed by atoms with Gasteiger partial charge in [0.05, 0.1) is 6.04 Å². The molecule has 0 radical (unpaired) electrons. The Morgan fingerprint density at radius 1 is 1.42 bits per heavy atom. The van der Waals surface area contributed by atoms with Gasteiger partial charge in [0, 0.05) is 35.9 Å². The number of carbonyl (C=O) groups is 1. The number of amides is 1. The van der Waals surface area contributed by atoms with Gasteiger partial charge in [0.1, 0.15) is 0 Å². The van der Waals surface area contributed by atoms with Gasteiger partial charge in [0.15, 0.2) is 0 Å². The van der Waals surface area contributed by atoms with Gasteiger partial charge in [-0.2, -0.15) is 0 Å². The molecule has 1 aliphatic rings. The molecule has 0 saturated heterocycles. The average molecular weight is 280 g/mol. The molecule has 1 unspecified atom stereocenters. The lowest BCUT2D eigenvalue weighted by atomic mass is 9.95. The Morgan fingerprint density at radius 2 is 2.16 bits per heavy atom. The summed E-state index contributed by atoms with van der Waals surface area (Å²) in [6.45, 7) is 1.34. The third-order valence-electron chi connectivity index (χ3n) is 3.31. The van der Waals surface area contributed by atoms with Gasteiger partial charge < -0.3 is 10.6 Å². The minimum absolute atomic E-state index is 0.0383. The zero-order valence-electron chi connectivity index (χ0n) is 11.1. The molecule has 19 heavy (non-hydrogen) atoms. The molecule has 0 fully saturated rings. The summed E-state index contributed by atoms with van der Waals surface area (Å²) in [5.74, 6) is 0.678. The van der Waals surface area contributed by atoms with E-state index in [2.05, 4.69) is 22.8 Å². The van der Waals surface area contributed by atoms with Gasteiger partial charge in [0.25, 0.3) is 0 Å². The molecule has 0 aliphatic carbocycles. The number of carbonyl (C=O) groups excluding carboxylic acids is 1. The van der Waals surface area contributed by atoms with Gasteiger partial charge in [-0.05, 0) is 24.0 Å². The summed E-state index contributed by atoms with van der Waals surface area (Å²) in [4.78, 5) is 12.0. The zero-order chi connectivity index (χ0) is 13.7. The van der Waals surface area contributed by atoms with Crippen LogP contribution in [-0.4, -0.2) is 34.7 Å². The van der Waals surface area contributed by atoms with Crippen molar-refractivity contribution in [3.05, 3.63) is 35.4 Å². The van der Waals surface area contributed by atoms with E-state index in [1.807, 2.05) is 12.1 Å². The van der Waals surface area contributed by atoms with E-state index in [0.29, 0.717) is 12.3 Å². The highest BCUT2D eigenvalue weighted by atomic mass is 32.2. The van der Waals surface area contributed by atoms with Crippen LogP contribution in [0.4, 0.5) is 0 Å². The summed E-state index contributed by atoms with van der Waals surface area (Å²) in [7, 11) is -0.782. The first kappa shape index (κ1) is 14.2. The fourth-order valence-corrected chi connectivity index (χ4v) is 2.80. The van der Waals surface area contributed by atoms with Crippen molar-refractivity contribution in [3.8, 4) is 0 Å². The van der Waals surface area contributed by atoms with Gasteiger partial charge >= 0.3 is 0 Å². The van der Waals surface area contributed by atoms with Crippen LogP contribution >= 0.6 is 0 Å². The maximum Gasteiger partial charge on any atom is 0.237 e. The van der Waals surface area contributed by atoms with Gasteiger partial charge in [0.2, 0.25) is 5.91 Å². The van der Waals surface area contributed by atoms with Crippen molar-refractivity contribution in [1.29, 1.82) is 0 Å². The van der Waals surface area contributed by atoms with Crippen molar-refractivity contribution >= 4 is 16.7 Å². The van der Waals surface area contributed by atoms with Gasteiger partial charge in [-0.1, -0.05) is 24.3 Å². The van der Waals surface area contributed by atoms with Crippen molar-refractivity contribution in [3.63, 3.8) is 0 Å². The standard InChI is InChI=1S/C14H20N2O2S/c1-19(18)8-4-7-15-14(17)13-9-11-5-2-3-6-12(11)10-16-13/h2-3,5-6,13,16H,4,7-10H2,1H3,(H,15,17)/t13-,19?/m1/s1. The number of hydrogen-bond donors (Lipinski definition) is 2. The Bertz CT molecular complexity index is 476. The zero-order valence-corrected chi connectivity index (χ0v) is 12.0. The number of hydrogen-bond acceptors (Lipinski definition) is 3. The molecule has 1 amide bonds. The van der Waals surface area contributed by atoms with Crippen molar-refractivity contribution < 1.29 is 9.00 Å². The Morgan fingerprint density at radius 3 is 2.89 bits per heavy atom. The molecular weight excluding hydrogens is 260 g/mol. The summed E-state index contributed by atoms with van der Waals surface area (Å²) in [5, 5.41) is 6.16. The van der Waals surface area contributed by atoms with E-state index in [1.165, 1.54) is 11.1 Å². The summed E-state index contributed by atoms with van der Waals surface area (Å²) in [5.41, 5.74) is 2.52. The van der Waals surface area contributed by atoms with Crippen molar-refractivity contribution in [2.24, 2.45) is 0 Å². The normalized spacial score (nSPS) is 19.5. The molecule has 0 saturated carbocycles. The fourth-order valence-electron chi connectivity index (χ4n) is 2.25. The molecule has 2 atom stereocenters. The van der Waals surface area contributed by atoms with Crippen LogP contribution in [0.3, 0.4) is 0 Å². The third-order valence-corrected chi connectivity index (χ3v) is 4.17. The Kier molecular flexibility index (Phi) is 5.10. The van der Waals surface area contributed by atoms with E-state index in [0.717, 1.165) is 19.4 Å². The van der Waals surface area contributed by atoms with Crippen LogP contribution in [0.1, 0.15) is 17.5 Å². The Balaban J connectivity index is 1.80. The monoisotopic (exact) mass is 280 g/mol. The SMILES string of the molecule is CS(=O)CCCNC(=O)[C@H]1Cc2ccccc2CN1. The Labute approximate surface area is 116 Å². The Hall–Kier alpha value is -1.20. The second-order valence-electron chi connectivity index (χ2n) is 4.83. The van der Waals surface area contributed by atoms with E-state index < -0.39 is 10.8 Å². The number of fused-ring (bicyclic) bond motifs is 1. The second-order valence-corrected chi connectivity index (χ2v) is 6.38. The molecule has 5 heteroatoms. The molecule has 2 N–H and O–H groups in total. The molecular formula is C14H20N2O2S.